The van der Waals surface area contributed by atoms with Gasteiger partial charge in [-0.25, -0.2) is 0 Å². The lowest BCUT2D eigenvalue weighted by Gasteiger charge is -2.62. The largest absolute Gasteiger partial charge is 0.462 e. The Hall–Kier alpha value is -0.650. The van der Waals surface area contributed by atoms with Crippen LogP contribution in [0.4, 0.5) is 0 Å². The van der Waals surface area contributed by atoms with Crippen LogP contribution in [-0.4, -0.2) is 43.3 Å². The minimum atomic E-state index is -0.342. The Morgan fingerprint density at radius 2 is 1.96 bits per heavy atom. The van der Waals surface area contributed by atoms with Crippen LogP contribution in [0.3, 0.4) is 0 Å². The van der Waals surface area contributed by atoms with Gasteiger partial charge in [0.25, 0.3) is 0 Å². The highest BCUT2D eigenvalue weighted by Crippen LogP contribution is 2.70. The lowest BCUT2D eigenvalue weighted by molar-refractivity contribution is -0.251. The van der Waals surface area contributed by atoms with E-state index in [0.717, 1.165) is 44.9 Å². The van der Waals surface area contributed by atoms with Gasteiger partial charge in [0.1, 0.15) is 6.10 Å². The van der Waals surface area contributed by atoms with Crippen LogP contribution in [-0.2, 0) is 23.7 Å². The predicted molar refractivity (Wildman–Crippen MR) is 94.4 cm³/mol. The number of carbonyl (C=O) groups excluding carboxylic acids is 1. The molecular formula is C21H32O5. The standard InChI is InChI=1S/C21H32O5/c1-13-10-14-16-18(2,17(22)25-14)6-5-7-19(16,3)21(13)9-8-20(26-21)11-15(23-4)24-12-20/h13-16H,5-12H2,1-4H3/t13-,14-,15-,16-,18+,19-,20+,21-/m1/s1. The van der Waals surface area contributed by atoms with E-state index < -0.39 is 0 Å². The molecule has 146 valence electrons. The first-order chi connectivity index (χ1) is 12.3. The van der Waals surface area contributed by atoms with E-state index >= 15 is 0 Å². The van der Waals surface area contributed by atoms with Crippen molar-refractivity contribution in [2.24, 2.45) is 22.7 Å². The van der Waals surface area contributed by atoms with Gasteiger partial charge in [0.2, 0.25) is 0 Å². The summed E-state index contributed by atoms with van der Waals surface area (Å²) in [7, 11) is 1.71. The summed E-state index contributed by atoms with van der Waals surface area (Å²) in [4.78, 5) is 12.8. The summed E-state index contributed by atoms with van der Waals surface area (Å²) in [6.07, 6.45) is 6.87. The molecule has 3 heterocycles. The van der Waals surface area contributed by atoms with Crippen LogP contribution in [0.1, 0.15) is 65.7 Å². The number of hydrogen-bond donors (Lipinski definition) is 0. The molecule has 5 rings (SSSR count). The van der Waals surface area contributed by atoms with Gasteiger partial charge in [0.05, 0.1) is 23.2 Å². The molecule has 0 amide bonds. The maximum absolute atomic E-state index is 12.8. The predicted octanol–water partition coefficient (Wildman–Crippen LogP) is 3.45. The Kier molecular flexibility index (Phi) is 3.51. The molecule has 3 aliphatic heterocycles. The molecule has 2 saturated carbocycles. The van der Waals surface area contributed by atoms with Gasteiger partial charge in [0, 0.05) is 24.9 Å². The molecule has 0 radical (unpaired) electrons. The van der Waals surface area contributed by atoms with Gasteiger partial charge in [-0.15, -0.1) is 0 Å². The molecule has 0 bridgehead atoms. The van der Waals surface area contributed by atoms with Gasteiger partial charge in [-0.3, -0.25) is 4.79 Å². The average Bonchev–Trinajstić information content (AvgIpc) is 3.25. The van der Waals surface area contributed by atoms with E-state index in [9.17, 15) is 4.79 Å². The Morgan fingerprint density at radius 1 is 1.15 bits per heavy atom. The van der Waals surface area contributed by atoms with Crippen molar-refractivity contribution in [2.75, 3.05) is 13.7 Å². The normalized spacial score (nSPS) is 58.4. The molecule has 0 unspecified atom stereocenters. The van der Waals surface area contributed by atoms with Crippen LogP contribution in [0, 0.1) is 22.7 Å². The molecule has 3 saturated heterocycles. The monoisotopic (exact) mass is 364 g/mol. The molecule has 8 atom stereocenters. The molecule has 2 aliphatic carbocycles. The van der Waals surface area contributed by atoms with Gasteiger partial charge in [0.15, 0.2) is 6.29 Å². The van der Waals surface area contributed by atoms with Crippen molar-refractivity contribution in [3.05, 3.63) is 0 Å². The molecule has 0 aromatic rings. The van der Waals surface area contributed by atoms with Crippen LogP contribution >= 0.6 is 0 Å². The van der Waals surface area contributed by atoms with Gasteiger partial charge < -0.3 is 18.9 Å². The first-order valence-electron chi connectivity index (χ1n) is 10.3. The fourth-order valence-corrected chi connectivity index (χ4v) is 7.70. The van der Waals surface area contributed by atoms with Gasteiger partial charge in [-0.1, -0.05) is 20.3 Å². The lowest BCUT2D eigenvalue weighted by Crippen LogP contribution is -2.65. The van der Waals surface area contributed by atoms with Crippen LogP contribution in [0.2, 0.25) is 0 Å². The minimum Gasteiger partial charge on any atom is -0.462 e. The second kappa shape index (κ2) is 5.24. The van der Waals surface area contributed by atoms with Crippen LogP contribution in [0.5, 0.6) is 0 Å². The maximum Gasteiger partial charge on any atom is 0.312 e. The Bertz CT molecular complexity index is 636. The third-order valence-electron chi connectivity index (χ3n) is 8.89. The number of carbonyl (C=O) groups is 1. The quantitative estimate of drug-likeness (QED) is 0.667. The van der Waals surface area contributed by atoms with Crippen LogP contribution < -0.4 is 0 Å². The zero-order valence-corrected chi connectivity index (χ0v) is 16.5. The number of rotatable bonds is 1. The fraction of sp³-hybridized carbons (Fsp3) is 0.952. The fourth-order valence-electron chi connectivity index (χ4n) is 7.70. The van der Waals surface area contributed by atoms with Gasteiger partial charge in [-0.2, -0.15) is 0 Å². The van der Waals surface area contributed by atoms with Gasteiger partial charge in [-0.05, 0) is 44.9 Å². The van der Waals surface area contributed by atoms with Crippen molar-refractivity contribution in [3.63, 3.8) is 0 Å². The van der Waals surface area contributed by atoms with E-state index in [1.54, 1.807) is 7.11 Å². The van der Waals surface area contributed by atoms with E-state index in [1.807, 2.05) is 0 Å². The smallest absolute Gasteiger partial charge is 0.312 e. The highest BCUT2D eigenvalue weighted by atomic mass is 16.7. The number of esters is 1. The summed E-state index contributed by atoms with van der Waals surface area (Å²) in [6, 6.07) is 0. The summed E-state index contributed by atoms with van der Waals surface area (Å²) < 4.78 is 24.3. The Labute approximate surface area is 156 Å². The molecule has 0 aromatic carbocycles. The zero-order valence-electron chi connectivity index (χ0n) is 16.5. The summed E-state index contributed by atoms with van der Waals surface area (Å²) in [5.41, 5.74) is -0.772. The molecule has 5 aliphatic rings. The first-order valence-corrected chi connectivity index (χ1v) is 10.3. The SMILES string of the molecule is CO[C@H]1C[C@@]2(CC[C@@]3(O2)[C@H](C)C[C@H]2OC(=O)[C@@]4(C)CCC[C@]3(C)[C@H]24)CO1. The van der Waals surface area contributed by atoms with Crippen molar-refractivity contribution in [2.45, 2.75) is 89.3 Å². The number of fused-ring (bicyclic) bond motifs is 1. The third kappa shape index (κ3) is 1.90. The van der Waals surface area contributed by atoms with Crippen LogP contribution in [0.25, 0.3) is 0 Å². The highest BCUT2D eigenvalue weighted by Gasteiger charge is 2.74. The van der Waals surface area contributed by atoms with Crippen LogP contribution in [0.15, 0.2) is 0 Å². The third-order valence-corrected chi connectivity index (χ3v) is 8.89. The van der Waals surface area contributed by atoms with E-state index in [2.05, 4.69) is 20.8 Å². The second-order valence-corrected chi connectivity index (χ2v) is 10.1. The van der Waals surface area contributed by atoms with Crippen molar-refractivity contribution in [1.29, 1.82) is 0 Å². The molecule has 2 spiro atoms. The van der Waals surface area contributed by atoms with Crippen molar-refractivity contribution >= 4 is 5.97 Å². The van der Waals surface area contributed by atoms with E-state index in [1.165, 1.54) is 0 Å². The number of methoxy groups -OCH3 is 1. The molecule has 5 nitrogen and oxygen atoms in total. The molecule has 26 heavy (non-hydrogen) atoms. The number of ether oxygens (including phenoxy) is 4. The van der Waals surface area contributed by atoms with Crippen molar-refractivity contribution < 1.29 is 23.7 Å². The summed E-state index contributed by atoms with van der Waals surface area (Å²) in [5, 5.41) is 0. The van der Waals surface area contributed by atoms with E-state index in [4.69, 9.17) is 18.9 Å². The number of hydrogen-bond acceptors (Lipinski definition) is 5. The Morgan fingerprint density at radius 3 is 2.69 bits per heavy atom. The van der Waals surface area contributed by atoms with Crippen molar-refractivity contribution in [3.8, 4) is 0 Å². The average molecular weight is 364 g/mol. The Balaban J connectivity index is 1.55. The molecular weight excluding hydrogens is 332 g/mol. The van der Waals surface area contributed by atoms with E-state index in [0.29, 0.717) is 12.5 Å². The van der Waals surface area contributed by atoms with Gasteiger partial charge >= 0.3 is 5.97 Å². The summed E-state index contributed by atoms with van der Waals surface area (Å²) >= 11 is 0. The summed E-state index contributed by atoms with van der Waals surface area (Å²) in [5.74, 6) is 0.671. The zero-order chi connectivity index (χ0) is 18.4. The molecule has 0 N–H and O–H groups in total. The maximum atomic E-state index is 12.8. The molecule has 0 aromatic heterocycles. The van der Waals surface area contributed by atoms with Crippen molar-refractivity contribution in [1.82, 2.24) is 0 Å². The topological polar surface area (TPSA) is 54.0 Å². The first kappa shape index (κ1) is 17.4. The second-order valence-electron chi connectivity index (χ2n) is 10.1. The minimum absolute atomic E-state index is 0.0247. The lowest BCUT2D eigenvalue weighted by atomic mass is 9.44. The molecule has 5 heteroatoms. The summed E-state index contributed by atoms with van der Waals surface area (Å²) in [6.45, 7) is 7.47. The molecule has 5 fully saturated rings. The highest BCUT2D eigenvalue weighted by molar-refractivity contribution is 5.80. The van der Waals surface area contributed by atoms with E-state index in [-0.39, 0.29) is 46.3 Å².